The fraction of sp³-hybridized carbons (Fsp3) is 0.444. The van der Waals surface area contributed by atoms with Crippen LogP contribution in [-0.2, 0) is 25.5 Å². The van der Waals surface area contributed by atoms with Crippen molar-refractivity contribution in [3.05, 3.63) is 64.1 Å². The van der Waals surface area contributed by atoms with Gasteiger partial charge in [-0.3, -0.25) is 14.4 Å². The first kappa shape index (κ1) is 26.7. The summed E-state index contributed by atoms with van der Waals surface area (Å²) in [7, 11) is 0. The first-order valence-corrected chi connectivity index (χ1v) is 12.9. The third-order valence-corrected chi connectivity index (χ3v) is 6.84. The summed E-state index contributed by atoms with van der Waals surface area (Å²) < 4.78 is 11.9. The Morgan fingerprint density at radius 2 is 1.97 bits per heavy atom. The third-order valence-electron chi connectivity index (χ3n) is 6.22. The smallest absolute Gasteiger partial charge is 0.308 e. The van der Waals surface area contributed by atoms with E-state index in [9.17, 15) is 14.4 Å². The van der Waals surface area contributed by atoms with Gasteiger partial charge >= 0.3 is 5.97 Å². The summed E-state index contributed by atoms with van der Waals surface area (Å²) >= 11 is 3.51. The number of hydrogen-bond acceptors (Lipinski definition) is 5. The molecular formula is C27H33BrN2O5. The van der Waals surface area contributed by atoms with Gasteiger partial charge in [-0.15, -0.1) is 0 Å². The number of aryl methyl sites for hydroxylation is 1. The van der Waals surface area contributed by atoms with E-state index in [0.717, 1.165) is 17.3 Å². The number of hydrogen-bond donors (Lipinski definition) is 1. The Labute approximate surface area is 215 Å². The van der Waals surface area contributed by atoms with Gasteiger partial charge in [0, 0.05) is 13.1 Å². The Morgan fingerprint density at radius 1 is 1.20 bits per heavy atom. The number of benzene rings is 2. The maximum absolute atomic E-state index is 12.9. The van der Waals surface area contributed by atoms with Crippen LogP contribution < -0.4 is 10.1 Å². The number of amides is 2. The molecule has 0 saturated carbocycles. The maximum atomic E-state index is 12.9. The molecule has 0 bridgehead atoms. The molecule has 0 aromatic heterocycles. The minimum atomic E-state index is -0.905. The molecule has 1 N–H and O–H groups in total. The van der Waals surface area contributed by atoms with Crippen LogP contribution in [0.25, 0.3) is 0 Å². The number of halogens is 1. The highest BCUT2D eigenvalue weighted by Crippen LogP contribution is 2.30. The van der Waals surface area contributed by atoms with E-state index in [-0.39, 0.29) is 31.4 Å². The van der Waals surface area contributed by atoms with Crippen molar-refractivity contribution in [3.8, 4) is 5.75 Å². The van der Waals surface area contributed by atoms with Crippen LogP contribution in [0.3, 0.4) is 0 Å². The van der Waals surface area contributed by atoms with E-state index < -0.39 is 12.0 Å². The molecule has 0 spiro atoms. The number of carbonyl (C=O) groups excluding carboxylic acids is 3. The van der Waals surface area contributed by atoms with Crippen LogP contribution in [0.1, 0.15) is 50.2 Å². The van der Waals surface area contributed by atoms with Gasteiger partial charge in [-0.25, -0.2) is 0 Å². The molecule has 2 atom stereocenters. The van der Waals surface area contributed by atoms with E-state index in [0.29, 0.717) is 31.2 Å². The topological polar surface area (TPSA) is 84.9 Å². The quantitative estimate of drug-likeness (QED) is 0.338. The molecular weight excluding hydrogens is 512 g/mol. The molecule has 1 saturated heterocycles. The molecule has 3 rings (SSSR count). The largest absolute Gasteiger partial charge is 0.483 e. The standard InChI is InChI=1S/C27H33BrN2O5/c1-3-19(2)21-11-12-24(22(28)16-21)35-18-25(31)30-14-13-29-27(33)23(30)17-26(32)34-15-7-10-20-8-5-4-6-9-20/h4-6,8-9,11-12,16,19,23H,3,7,10,13-15,17-18H2,1-2H3,(H,29,33). The van der Waals surface area contributed by atoms with Gasteiger partial charge in [0.25, 0.3) is 5.91 Å². The maximum Gasteiger partial charge on any atom is 0.308 e. The number of esters is 1. The van der Waals surface area contributed by atoms with Gasteiger partial charge in [0.15, 0.2) is 6.61 Å². The van der Waals surface area contributed by atoms with Crippen molar-refractivity contribution in [2.45, 2.75) is 51.5 Å². The van der Waals surface area contributed by atoms with Gasteiger partial charge in [0.2, 0.25) is 5.91 Å². The average Bonchev–Trinajstić information content (AvgIpc) is 2.87. The lowest BCUT2D eigenvalue weighted by molar-refractivity contribution is -0.152. The minimum absolute atomic E-state index is 0.184. The molecule has 1 aliphatic heterocycles. The van der Waals surface area contributed by atoms with E-state index >= 15 is 0 Å². The van der Waals surface area contributed by atoms with E-state index in [4.69, 9.17) is 9.47 Å². The van der Waals surface area contributed by atoms with Crippen molar-refractivity contribution in [1.29, 1.82) is 0 Å². The molecule has 2 aromatic carbocycles. The summed E-state index contributed by atoms with van der Waals surface area (Å²) in [6, 6.07) is 14.9. The molecule has 1 fully saturated rings. The lowest BCUT2D eigenvalue weighted by Gasteiger charge is -2.34. The van der Waals surface area contributed by atoms with Crippen LogP contribution in [0.4, 0.5) is 0 Å². The molecule has 2 amide bonds. The summed E-state index contributed by atoms with van der Waals surface area (Å²) in [6.45, 7) is 4.97. The highest BCUT2D eigenvalue weighted by molar-refractivity contribution is 9.10. The van der Waals surface area contributed by atoms with Crippen molar-refractivity contribution in [2.75, 3.05) is 26.3 Å². The molecule has 0 radical (unpaired) electrons. The van der Waals surface area contributed by atoms with Crippen molar-refractivity contribution >= 4 is 33.7 Å². The molecule has 188 valence electrons. The Balaban J connectivity index is 1.51. The van der Waals surface area contributed by atoms with Gasteiger partial charge < -0.3 is 19.7 Å². The molecule has 1 heterocycles. The van der Waals surface area contributed by atoms with Crippen LogP contribution in [-0.4, -0.2) is 55.0 Å². The van der Waals surface area contributed by atoms with E-state index in [1.165, 1.54) is 16.0 Å². The molecule has 35 heavy (non-hydrogen) atoms. The zero-order valence-electron chi connectivity index (χ0n) is 20.3. The summed E-state index contributed by atoms with van der Waals surface area (Å²) in [5, 5.41) is 2.73. The van der Waals surface area contributed by atoms with Crippen LogP contribution in [0, 0.1) is 0 Å². The molecule has 0 aliphatic carbocycles. The Morgan fingerprint density at radius 3 is 2.69 bits per heavy atom. The number of piperazine rings is 1. The fourth-order valence-corrected chi connectivity index (χ4v) is 4.45. The van der Waals surface area contributed by atoms with Gasteiger partial charge in [0.1, 0.15) is 11.8 Å². The molecule has 2 aromatic rings. The summed E-state index contributed by atoms with van der Waals surface area (Å²) in [5.41, 5.74) is 2.36. The van der Waals surface area contributed by atoms with Crippen LogP contribution >= 0.6 is 15.9 Å². The summed E-state index contributed by atoms with van der Waals surface area (Å²) in [6.07, 6.45) is 2.33. The average molecular weight is 545 g/mol. The number of carbonyl (C=O) groups is 3. The SMILES string of the molecule is CCC(C)c1ccc(OCC(=O)N2CCNC(=O)C2CC(=O)OCCCc2ccccc2)c(Br)c1. The Bertz CT molecular complexity index is 1010. The summed E-state index contributed by atoms with van der Waals surface area (Å²) in [4.78, 5) is 39.2. The van der Waals surface area contributed by atoms with Gasteiger partial charge in [-0.1, -0.05) is 50.2 Å². The van der Waals surface area contributed by atoms with Gasteiger partial charge in [0.05, 0.1) is 17.5 Å². The minimum Gasteiger partial charge on any atom is -0.483 e. The molecule has 1 aliphatic rings. The Hall–Kier alpha value is -2.87. The van der Waals surface area contributed by atoms with Crippen molar-refractivity contribution < 1.29 is 23.9 Å². The second-order valence-corrected chi connectivity index (χ2v) is 9.55. The zero-order valence-corrected chi connectivity index (χ0v) is 21.9. The van der Waals surface area contributed by atoms with Crippen molar-refractivity contribution in [1.82, 2.24) is 10.2 Å². The highest BCUT2D eigenvalue weighted by atomic mass is 79.9. The van der Waals surface area contributed by atoms with E-state index in [1.807, 2.05) is 48.5 Å². The highest BCUT2D eigenvalue weighted by Gasteiger charge is 2.35. The normalized spacial score (nSPS) is 16.4. The fourth-order valence-electron chi connectivity index (χ4n) is 3.94. The zero-order chi connectivity index (χ0) is 25.2. The van der Waals surface area contributed by atoms with Crippen LogP contribution in [0.5, 0.6) is 5.75 Å². The van der Waals surface area contributed by atoms with Crippen LogP contribution in [0.15, 0.2) is 53.0 Å². The number of ether oxygens (including phenoxy) is 2. The number of rotatable bonds is 11. The molecule has 8 heteroatoms. The lowest BCUT2D eigenvalue weighted by atomic mass is 9.99. The van der Waals surface area contributed by atoms with Crippen LogP contribution in [0.2, 0.25) is 0 Å². The Kier molecular flexibility index (Phi) is 10.1. The van der Waals surface area contributed by atoms with Gasteiger partial charge in [-0.05, 0) is 64.4 Å². The predicted molar refractivity (Wildman–Crippen MR) is 137 cm³/mol. The monoisotopic (exact) mass is 544 g/mol. The van der Waals surface area contributed by atoms with Gasteiger partial charge in [-0.2, -0.15) is 0 Å². The van der Waals surface area contributed by atoms with Crippen molar-refractivity contribution in [3.63, 3.8) is 0 Å². The molecule has 2 unspecified atom stereocenters. The predicted octanol–water partition coefficient (Wildman–Crippen LogP) is 4.23. The van der Waals surface area contributed by atoms with E-state index in [1.54, 1.807) is 0 Å². The number of nitrogens with one attached hydrogen (secondary N) is 1. The second kappa shape index (κ2) is 13.3. The molecule has 7 nitrogen and oxygen atoms in total. The second-order valence-electron chi connectivity index (χ2n) is 8.70. The third kappa shape index (κ3) is 7.82. The lowest BCUT2D eigenvalue weighted by Crippen LogP contribution is -2.58. The van der Waals surface area contributed by atoms with Crippen molar-refractivity contribution in [2.24, 2.45) is 0 Å². The first-order chi connectivity index (χ1) is 16.9. The van der Waals surface area contributed by atoms with E-state index in [2.05, 4.69) is 35.1 Å². The number of nitrogens with zero attached hydrogens (tertiary/aromatic N) is 1. The summed E-state index contributed by atoms with van der Waals surface area (Å²) in [5.74, 6) is -0.222. The first-order valence-electron chi connectivity index (χ1n) is 12.1.